The third kappa shape index (κ3) is 3.55. The maximum Gasteiger partial charge on any atom is 0.271 e. The largest absolute Gasteiger partial charge is 0.497 e. The van der Waals surface area contributed by atoms with Crippen molar-refractivity contribution in [2.24, 2.45) is 0 Å². The Morgan fingerprint density at radius 1 is 0.967 bits per heavy atom. The van der Waals surface area contributed by atoms with Gasteiger partial charge in [0.2, 0.25) is 6.79 Å². The Kier molecular flexibility index (Phi) is 5.05. The van der Waals surface area contributed by atoms with Gasteiger partial charge in [0.25, 0.3) is 11.8 Å². The van der Waals surface area contributed by atoms with Gasteiger partial charge < -0.3 is 18.8 Å². The van der Waals surface area contributed by atoms with Crippen LogP contribution in [0.15, 0.2) is 48.5 Å². The lowest BCUT2D eigenvalue weighted by Crippen LogP contribution is -2.41. The van der Waals surface area contributed by atoms with E-state index in [1.54, 1.807) is 31.4 Å². The van der Waals surface area contributed by atoms with Crippen LogP contribution in [-0.2, 0) is 0 Å². The van der Waals surface area contributed by atoms with Gasteiger partial charge in [-0.05, 0) is 50.2 Å². The fourth-order valence-corrected chi connectivity index (χ4v) is 3.43. The molecule has 0 bridgehead atoms. The first kappa shape index (κ1) is 19.4. The number of amides is 2. The summed E-state index contributed by atoms with van der Waals surface area (Å²) in [5, 5.41) is 0. The molecular weight excluding hydrogens is 386 g/mol. The van der Waals surface area contributed by atoms with Crippen molar-refractivity contribution < 1.29 is 23.8 Å². The number of benzene rings is 2. The van der Waals surface area contributed by atoms with Crippen molar-refractivity contribution >= 4 is 11.8 Å². The number of nitrogens with zero attached hydrogens (tertiary/aromatic N) is 1. The number of hydrogen-bond donors (Lipinski definition) is 2. The molecule has 1 aromatic heterocycles. The molecule has 0 spiro atoms. The highest BCUT2D eigenvalue weighted by atomic mass is 16.7. The predicted molar refractivity (Wildman–Crippen MR) is 109 cm³/mol. The maximum atomic E-state index is 12.7. The van der Waals surface area contributed by atoms with Gasteiger partial charge in [-0.15, -0.1) is 0 Å². The zero-order valence-corrected chi connectivity index (χ0v) is 16.8. The molecule has 154 valence electrons. The lowest BCUT2D eigenvalue weighted by atomic mass is 10.2. The van der Waals surface area contributed by atoms with Crippen LogP contribution in [0.5, 0.6) is 17.2 Å². The SMILES string of the molecule is COc1cccc(-n2c(C)cc(C(=O)NNC(=O)c3ccc4c(c3)OCO4)c2C)c1. The van der Waals surface area contributed by atoms with Gasteiger partial charge in [-0.3, -0.25) is 20.4 Å². The van der Waals surface area contributed by atoms with E-state index in [2.05, 4.69) is 10.9 Å². The summed E-state index contributed by atoms with van der Waals surface area (Å²) in [6.45, 7) is 3.88. The molecular formula is C22H21N3O5. The molecule has 0 saturated heterocycles. The number of methoxy groups -OCH3 is 1. The molecule has 8 nitrogen and oxygen atoms in total. The average molecular weight is 407 g/mol. The van der Waals surface area contributed by atoms with E-state index >= 15 is 0 Å². The maximum absolute atomic E-state index is 12.7. The summed E-state index contributed by atoms with van der Waals surface area (Å²) >= 11 is 0. The van der Waals surface area contributed by atoms with Crippen LogP contribution in [0.3, 0.4) is 0 Å². The fraction of sp³-hybridized carbons (Fsp3) is 0.182. The second-order valence-electron chi connectivity index (χ2n) is 6.80. The molecule has 0 fully saturated rings. The van der Waals surface area contributed by atoms with Crippen molar-refractivity contribution in [1.29, 1.82) is 0 Å². The van der Waals surface area contributed by atoms with Crippen molar-refractivity contribution in [3.8, 4) is 22.9 Å². The molecule has 0 saturated carbocycles. The minimum atomic E-state index is -0.455. The number of rotatable bonds is 4. The van der Waals surface area contributed by atoms with Gasteiger partial charge in [-0.25, -0.2) is 0 Å². The summed E-state index contributed by atoms with van der Waals surface area (Å²) in [6, 6.07) is 14.2. The molecule has 1 aliphatic heterocycles. The topological polar surface area (TPSA) is 90.8 Å². The number of fused-ring (bicyclic) bond motifs is 1. The Morgan fingerprint density at radius 3 is 2.53 bits per heavy atom. The average Bonchev–Trinajstić information content (AvgIpc) is 3.34. The number of hydrazine groups is 1. The predicted octanol–water partition coefficient (Wildman–Crippen LogP) is 2.91. The lowest BCUT2D eigenvalue weighted by Gasteiger charge is -2.12. The zero-order valence-electron chi connectivity index (χ0n) is 16.8. The first-order chi connectivity index (χ1) is 14.5. The Hall–Kier alpha value is -3.94. The summed E-state index contributed by atoms with van der Waals surface area (Å²) < 4.78 is 17.7. The molecule has 0 atom stereocenters. The Labute approximate surface area is 173 Å². The molecule has 2 N–H and O–H groups in total. The standard InChI is InChI=1S/C22H21N3O5/c1-13-9-18(14(2)25(13)16-5-4-6-17(11-16)28-3)22(27)24-23-21(26)15-7-8-19-20(10-15)30-12-29-19/h4-11H,12H2,1-3H3,(H,23,26)(H,24,27). The monoisotopic (exact) mass is 407 g/mol. The number of aromatic nitrogens is 1. The van der Waals surface area contributed by atoms with Crippen LogP contribution >= 0.6 is 0 Å². The van der Waals surface area contributed by atoms with E-state index in [4.69, 9.17) is 14.2 Å². The van der Waals surface area contributed by atoms with Gasteiger partial charge in [-0.1, -0.05) is 6.07 Å². The smallest absolute Gasteiger partial charge is 0.271 e. The van der Waals surface area contributed by atoms with Crippen molar-refractivity contribution in [3.63, 3.8) is 0 Å². The Bertz CT molecular complexity index is 1140. The summed E-state index contributed by atoms with van der Waals surface area (Å²) in [4.78, 5) is 25.1. The van der Waals surface area contributed by atoms with E-state index in [-0.39, 0.29) is 6.79 Å². The van der Waals surface area contributed by atoms with E-state index < -0.39 is 11.8 Å². The highest BCUT2D eigenvalue weighted by molar-refractivity contribution is 6.00. The number of nitrogens with one attached hydrogen (secondary N) is 2. The van der Waals surface area contributed by atoms with Gasteiger partial charge in [0.05, 0.1) is 12.7 Å². The number of carbonyl (C=O) groups excluding carboxylic acids is 2. The lowest BCUT2D eigenvalue weighted by molar-refractivity contribution is 0.0846. The first-order valence-corrected chi connectivity index (χ1v) is 9.31. The first-order valence-electron chi connectivity index (χ1n) is 9.31. The quantitative estimate of drug-likeness (QED) is 0.649. The normalized spacial score (nSPS) is 11.8. The van der Waals surface area contributed by atoms with Crippen LogP contribution in [0.25, 0.3) is 5.69 Å². The highest BCUT2D eigenvalue weighted by Crippen LogP contribution is 2.32. The molecule has 2 heterocycles. The van der Waals surface area contributed by atoms with Gasteiger partial charge in [-0.2, -0.15) is 0 Å². The Morgan fingerprint density at radius 2 is 1.73 bits per heavy atom. The van der Waals surface area contributed by atoms with Crippen LogP contribution in [0.4, 0.5) is 0 Å². The van der Waals surface area contributed by atoms with Crippen LogP contribution in [-0.4, -0.2) is 30.3 Å². The molecule has 2 amide bonds. The summed E-state index contributed by atoms with van der Waals surface area (Å²) in [5.74, 6) is 0.938. The van der Waals surface area contributed by atoms with Crippen LogP contribution in [0.1, 0.15) is 32.1 Å². The van der Waals surface area contributed by atoms with Gasteiger partial charge >= 0.3 is 0 Å². The Balaban J connectivity index is 1.49. The highest BCUT2D eigenvalue weighted by Gasteiger charge is 2.19. The minimum Gasteiger partial charge on any atom is -0.497 e. The summed E-state index contributed by atoms with van der Waals surface area (Å²) in [7, 11) is 1.61. The zero-order chi connectivity index (χ0) is 21.3. The molecule has 2 aromatic carbocycles. The van der Waals surface area contributed by atoms with Gasteiger partial charge in [0.1, 0.15) is 5.75 Å². The minimum absolute atomic E-state index is 0.125. The molecule has 8 heteroatoms. The van der Waals surface area contributed by atoms with E-state index in [9.17, 15) is 9.59 Å². The van der Waals surface area contributed by atoms with E-state index in [1.807, 2.05) is 42.7 Å². The van der Waals surface area contributed by atoms with E-state index in [0.29, 0.717) is 22.6 Å². The van der Waals surface area contributed by atoms with Crippen molar-refractivity contribution in [2.75, 3.05) is 13.9 Å². The molecule has 4 rings (SSSR count). The summed E-state index contributed by atoms with van der Waals surface area (Å²) in [5.41, 5.74) is 8.23. The van der Waals surface area contributed by atoms with Crippen molar-refractivity contribution in [3.05, 3.63) is 71.0 Å². The third-order valence-electron chi connectivity index (χ3n) is 4.91. The van der Waals surface area contributed by atoms with Crippen molar-refractivity contribution in [1.82, 2.24) is 15.4 Å². The van der Waals surface area contributed by atoms with Gasteiger partial charge in [0, 0.05) is 28.7 Å². The number of ether oxygens (including phenoxy) is 3. The van der Waals surface area contributed by atoms with E-state index in [1.165, 1.54) is 0 Å². The number of hydrogen-bond acceptors (Lipinski definition) is 5. The molecule has 3 aromatic rings. The number of aryl methyl sites for hydroxylation is 1. The third-order valence-corrected chi connectivity index (χ3v) is 4.91. The second-order valence-corrected chi connectivity index (χ2v) is 6.80. The van der Waals surface area contributed by atoms with Crippen LogP contribution in [0, 0.1) is 13.8 Å². The summed E-state index contributed by atoms with van der Waals surface area (Å²) in [6.07, 6.45) is 0. The van der Waals surface area contributed by atoms with Gasteiger partial charge in [0.15, 0.2) is 11.5 Å². The fourth-order valence-electron chi connectivity index (χ4n) is 3.43. The number of carbonyl (C=O) groups is 2. The molecule has 30 heavy (non-hydrogen) atoms. The molecule has 1 aliphatic rings. The van der Waals surface area contributed by atoms with Crippen LogP contribution < -0.4 is 25.1 Å². The van der Waals surface area contributed by atoms with E-state index in [0.717, 1.165) is 22.8 Å². The van der Waals surface area contributed by atoms with Crippen LogP contribution in [0.2, 0.25) is 0 Å². The van der Waals surface area contributed by atoms with Crippen molar-refractivity contribution in [2.45, 2.75) is 13.8 Å². The molecule has 0 aliphatic carbocycles. The molecule has 0 radical (unpaired) electrons. The second kappa shape index (κ2) is 7.82. The molecule has 0 unspecified atom stereocenters.